The highest BCUT2D eigenvalue weighted by Gasteiger charge is 2.22. The number of carbonyl (C=O) groups excluding carboxylic acids is 2. The predicted molar refractivity (Wildman–Crippen MR) is 129 cm³/mol. The largest absolute Gasteiger partial charge is 0.390 e. The van der Waals surface area contributed by atoms with E-state index in [9.17, 15) is 14.7 Å². The molecule has 0 saturated carbocycles. The van der Waals surface area contributed by atoms with Crippen LogP contribution in [0.4, 0.5) is 0 Å². The second-order valence-corrected chi connectivity index (χ2v) is 9.67. The molecule has 2 amide bonds. The molecule has 2 N–H and O–H groups in total. The zero-order valence-electron chi connectivity index (χ0n) is 20.2. The van der Waals surface area contributed by atoms with Crippen LogP contribution in [0.1, 0.15) is 52.6 Å². The number of hydrogen-bond acceptors (Lipinski definition) is 6. The van der Waals surface area contributed by atoms with Gasteiger partial charge in [-0.2, -0.15) is 0 Å². The van der Waals surface area contributed by atoms with Crippen molar-refractivity contribution in [2.45, 2.75) is 52.2 Å². The molecule has 2 aromatic rings. The van der Waals surface area contributed by atoms with Crippen molar-refractivity contribution in [1.29, 1.82) is 0 Å². The van der Waals surface area contributed by atoms with Gasteiger partial charge < -0.3 is 15.3 Å². The number of aromatic nitrogens is 2. The van der Waals surface area contributed by atoms with E-state index in [1.165, 1.54) is 23.0 Å². The zero-order valence-corrected chi connectivity index (χ0v) is 20.2. The van der Waals surface area contributed by atoms with Crippen molar-refractivity contribution in [1.82, 2.24) is 25.1 Å². The van der Waals surface area contributed by atoms with Gasteiger partial charge in [0.2, 0.25) is 5.91 Å². The third-order valence-corrected chi connectivity index (χ3v) is 6.93. The lowest BCUT2D eigenvalue weighted by Gasteiger charge is -2.31. The SMILES string of the molecule is CC(=O)N1CCC(Cc2cc(C(=O)NC[C@H](O)CN3CCc4cc(C)ccc4C3)ncn2)CC1. The summed E-state index contributed by atoms with van der Waals surface area (Å²) < 4.78 is 0. The number of benzene rings is 1. The number of likely N-dealkylation sites (tertiary alicyclic amines) is 1. The standard InChI is InChI=1S/C26H35N5O3/c1-18-3-4-22-15-30(8-7-21(22)11-18)16-24(33)14-27-26(34)25-13-23(28-17-29-25)12-20-5-9-31(10-6-20)19(2)32/h3-4,11,13,17,20,24,33H,5-10,12,14-16H2,1-2H3,(H,27,34)/t24-/m0/s1. The Balaban J connectivity index is 1.23. The summed E-state index contributed by atoms with van der Waals surface area (Å²) in [5, 5.41) is 13.3. The fourth-order valence-corrected chi connectivity index (χ4v) is 4.94. The van der Waals surface area contributed by atoms with Crippen molar-refractivity contribution in [2.75, 3.05) is 32.7 Å². The van der Waals surface area contributed by atoms with Gasteiger partial charge >= 0.3 is 0 Å². The molecular formula is C26H35N5O3. The van der Waals surface area contributed by atoms with Crippen LogP contribution < -0.4 is 5.32 Å². The van der Waals surface area contributed by atoms with Crippen molar-refractivity contribution in [3.8, 4) is 0 Å². The Morgan fingerprint density at radius 1 is 1.15 bits per heavy atom. The first-order valence-corrected chi connectivity index (χ1v) is 12.2. The molecule has 8 heteroatoms. The van der Waals surface area contributed by atoms with E-state index >= 15 is 0 Å². The lowest BCUT2D eigenvalue weighted by molar-refractivity contribution is -0.130. The van der Waals surface area contributed by atoms with Crippen molar-refractivity contribution in [3.63, 3.8) is 0 Å². The molecule has 1 atom stereocenters. The summed E-state index contributed by atoms with van der Waals surface area (Å²) in [4.78, 5) is 36.7. The van der Waals surface area contributed by atoms with Crippen molar-refractivity contribution < 1.29 is 14.7 Å². The van der Waals surface area contributed by atoms with Crippen LogP contribution in [-0.4, -0.2) is 75.5 Å². The number of amides is 2. The maximum Gasteiger partial charge on any atom is 0.270 e. The molecule has 1 aromatic heterocycles. The highest BCUT2D eigenvalue weighted by molar-refractivity contribution is 5.92. The first-order chi connectivity index (χ1) is 16.4. The number of aliphatic hydroxyl groups excluding tert-OH is 1. The average molecular weight is 466 g/mol. The third kappa shape index (κ3) is 6.39. The van der Waals surface area contributed by atoms with E-state index in [4.69, 9.17) is 0 Å². The monoisotopic (exact) mass is 465 g/mol. The summed E-state index contributed by atoms with van der Waals surface area (Å²) in [5.74, 6) is 0.275. The van der Waals surface area contributed by atoms with Gasteiger partial charge in [0.05, 0.1) is 6.10 Å². The predicted octanol–water partition coefficient (Wildman–Crippen LogP) is 1.74. The summed E-state index contributed by atoms with van der Waals surface area (Å²) in [6.07, 6.45) is 4.41. The van der Waals surface area contributed by atoms with Crippen LogP contribution in [0.5, 0.6) is 0 Å². The van der Waals surface area contributed by atoms with Gasteiger partial charge in [-0.25, -0.2) is 9.97 Å². The topological polar surface area (TPSA) is 98.7 Å². The van der Waals surface area contributed by atoms with Gasteiger partial charge in [0.1, 0.15) is 12.0 Å². The number of rotatable bonds is 7. The lowest BCUT2D eigenvalue weighted by atomic mass is 9.92. The molecule has 1 aromatic carbocycles. The van der Waals surface area contributed by atoms with E-state index in [1.54, 1.807) is 13.0 Å². The molecule has 1 saturated heterocycles. The molecule has 0 unspecified atom stereocenters. The van der Waals surface area contributed by atoms with Gasteiger partial charge in [-0.1, -0.05) is 23.8 Å². The van der Waals surface area contributed by atoms with Gasteiger partial charge in [-0.15, -0.1) is 0 Å². The highest BCUT2D eigenvalue weighted by atomic mass is 16.3. The van der Waals surface area contributed by atoms with Gasteiger partial charge in [0.15, 0.2) is 0 Å². The number of nitrogens with one attached hydrogen (secondary N) is 1. The second-order valence-electron chi connectivity index (χ2n) is 9.67. The zero-order chi connectivity index (χ0) is 24.1. The Morgan fingerprint density at radius 3 is 2.71 bits per heavy atom. The summed E-state index contributed by atoms with van der Waals surface area (Å²) in [5.41, 5.74) is 5.14. The molecule has 2 aliphatic heterocycles. The number of piperidine rings is 1. The Bertz CT molecular complexity index is 1020. The van der Waals surface area contributed by atoms with Crippen molar-refractivity contribution in [2.24, 2.45) is 5.92 Å². The lowest BCUT2D eigenvalue weighted by Crippen LogP contribution is -2.42. The van der Waals surface area contributed by atoms with E-state index in [0.29, 0.717) is 18.2 Å². The molecule has 34 heavy (non-hydrogen) atoms. The molecule has 3 heterocycles. The number of β-amino-alcohol motifs (C(OH)–C–C–N with tert-alkyl or cyclic N) is 1. The van der Waals surface area contributed by atoms with E-state index in [0.717, 1.165) is 57.6 Å². The minimum atomic E-state index is -0.649. The number of carbonyl (C=O) groups is 2. The fourth-order valence-electron chi connectivity index (χ4n) is 4.94. The van der Waals surface area contributed by atoms with Gasteiger partial charge in [0.25, 0.3) is 5.91 Å². The second kappa shape index (κ2) is 11.1. The molecule has 0 aliphatic carbocycles. The molecule has 0 radical (unpaired) electrons. The number of aryl methyl sites for hydroxylation is 1. The van der Waals surface area contributed by atoms with Crippen LogP contribution in [-0.2, 0) is 24.2 Å². The summed E-state index contributed by atoms with van der Waals surface area (Å²) in [6.45, 7) is 7.69. The molecule has 4 rings (SSSR count). The maximum atomic E-state index is 12.6. The minimum Gasteiger partial charge on any atom is -0.390 e. The van der Waals surface area contributed by atoms with E-state index in [-0.39, 0.29) is 18.4 Å². The first kappa shape index (κ1) is 24.3. The molecule has 2 aliphatic rings. The maximum absolute atomic E-state index is 12.6. The first-order valence-electron chi connectivity index (χ1n) is 12.2. The molecule has 1 fully saturated rings. The number of aliphatic hydroxyl groups is 1. The quantitative estimate of drug-likeness (QED) is 0.646. The van der Waals surface area contributed by atoms with Crippen LogP contribution in [0, 0.1) is 12.8 Å². The summed E-state index contributed by atoms with van der Waals surface area (Å²) in [7, 11) is 0. The van der Waals surface area contributed by atoms with E-state index in [2.05, 4.69) is 45.3 Å². The van der Waals surface area contributed by atoms with Crippen LogP contribution in [0.15, 0.2) is 30.6 Å². The molecule has 0 bridgehead atoms. The molecule has 182 valence electrons. The van der Waals surface area contributed by atoms with Crippen LogP contribution in [0.3, 0.4) is 0 Å². The number of hydrogen-bond donors (Lipinski definition) is 2. The molecule has 0 spiro atoms. The molecular weight excluding hydrogens is 430 g/mol. The van der Waals surface area contributed by atoms with E-state index < -0.39 is 6.10 Å². The average Bonchev–Trinajstić information content (AvgIpc) is 2.83. The highest BCUT2D eigenvalue weighted by Crippen LogP contribution is 2.22. The van der Waals surface area contributed by atoms with Crippen LogP contribution in [0.25, 0.3) is 0 Å². The van der Waals surface area contributed by atoms with E-state index in [1.807, 2.05) is 4.90 Å². The number of nitrogens with zero attached hydrogens (tertiary/aromatic N) is 4. The Kier molecular flexibility index (Phi) is 7.90. The Hall–Kier alpha value is -2.84. The number of fused-ring (bicyclic) bond motifs is 1. The summed E-state index contributed by atoms with van der Waals surface area (Å²) >= 11 is 0. The van der Waals surface area contributed by atoms with Crippen molar-refractivity contribution >= 4 is 11.8 Å². The smallest absolute Gasteiger partial charge is 0.270 e. The van der Waals surface area contributed by atoms with Crippen LogP contribution in [0.2, 0.25) is 0 Å². The molecule has 8 nitrogen and oxygen atoms in total. The van der Waals surface area contributed by atoms with Crippen molar-refractivity contribution in [3.05, 3.63) is 58.7 Å². The van der Waals surface area contributed by atoms with Crippen LogP contribution >= 0.6 is 0 Å². The fraction of sp³-hybridized carbons (Fsp3) is 0.538. The Morgan fingerprint density at radius 2 is 1.94 bits per heavy atom. The summed E-state index contributed by atoms with van der Waals surface area (Å²) in [6, 6.07) is 8.28. The normalized spacial score (nSPS) is 17.8. The third-order valence-electron chi connectivity index (χ3n) is 6.93. The van der Waals surface area contributed by atoms with Gasteiger partial charge in [-0.3, -0.25) is 14.5 Å². The minimum absolute atomic E-state index is 0.127. The van der Waals surface area contributed by atoms with Gasteiger partial charge in [0, 0.05) is 51.9 Å². The Labute approximate surface area is 201 Å². The van der Waals surface area contributed by atoms with Gasteiger partial charge in [-0.05, 0) is 55.7 Å².